The van der Waals surface area contributed by atoms with Gasteiger partial charge >= 0.3 is 0 Å². The standard InChI is InChI=1S/C26H25FN8O2/c27-20-16-29-25(35-10-9-30-32-35)22-21(20)19(15-28-22)23(36)26(37)34-13-11-33(12-14-34)24(31-18-7-4-8-18)17-5-2-1-3-6-17/h1-3,5-6,9-10,15-16,18,28H,4,7-8,11-14H2/b31-24+. The maximum absolute atomic E-state index is 14.8. The van der Waals surface area contributed by atoms with Crippen LogP contribution < -0.4 is 0 Å². The van der Waals surface area contributed by atoms with E-state index in [0.717, 1.165) is 30.4 Å². The van der Waals surface area contributed by atoms with E-state index in [1.165, 1.54) is 28.4 Å². The third-order valence-corrected chi connectivity index (χ3v) is 7.00. The highest BCUT2D eigenvalue weighted by Crippen LogP contribution is 2.27. The fourth-order valence-electron chi connectivity index (χ4n) is 4.76. The summed E-state index contributed by atoms with van der Waals surface area (Å²) in [6.45, 7) is 1.86. The summed E-state index contributed by atoms with van der Waals surface area (Å²) in [7, 11) is 0. The van der Waals surface area contributed by atoms with Crippen molar-refractivity contribution in [1.82, 2.24) is 34.8 Å². The number of aromatic amines is 1. The van der Waals surface area contributed by atoms with E-state index in [1.807, 2.05) is 30.3 Å². The molecule has 0 spiro atoms. The number of carbonyl (C=O) groups is 2. The number of aromatic nitrogens is 5. The fraction of sp³-hybridized carbons (Fsp3) is 0.308. The number of fused-ring (bicyclic) bond motifs is 1. The van der Waals surface area contributed by atoms with Crippen molar-refractivity contribution in [2.45, 2.75) is 25.3 Å². The number of hydrogen-bond acceptors (Lipinski definition) is 6. The Morgan fingerprint density at radius 1 is 1.05 bits per heavy atom. The molecule has 0 atom stereocenters. The minimum Gasteiger partial charge on any atom is -0.357 e. The number of nitrogens with zero attached hydrogens (tertiary/aromatic N) is 7. The van der Waals surface area contributed by atoms with Gasteiger partial charge in [-0.3, -0.25) is 14.6 Å². The lowest BCUT2D eigenvalue weighted by Gasteiger charge is -2.37. The molecule has 1 saturated carbocycles. The van der Waals surface area contributed by atoms with Crippen LogP contribution in [0.2, 0.25) is 0 Å². The molecule has 4 aromatic rings. The third-order valence-electron chi connectivity index (χ3n) is 7.00. The number of piperazine rings is 1. The summed E-state index contributed by atoms with van der Waals surface area (Å²) in [5.41, 5.74) is 1.29. The van der Waals surface area contributed by atoms with Gasteiger partial charge in [0.1, 0.15) is 5.84 Å². The lowest BCUT2D eigenvalue weighted by molar-refractivity contribution is -0.127. The minimum atomic E-state index is -0.763. The lowest BCUT2D eigenvalue weighted by atomic mass is 9.93. The Morgan fingerprint density at radius 2 is 1.81 bits per heavy atom. The highest BCUT2D eigenvalue weighted by atomic mass is 19.1. The van der Waals surface area contributed by atoms with Crippen LogP contribution in [-0.2, 0) is 4.79 Å². The number of hydrogen-bond donors (Lipinski definition) is 1. The van der Waals surface area contributed by atoms with Crippen molar-refractivity contribution >= 4 is 28.4 Å². The number of aliphatic imine (C=N–C) groups is 1. The number of amides is 1. The Labute approximate surface area is 211 Å². The minimum absolute atomic E-state index is 0.0106. The molecule has 1 aliphatic heterocycles. The van der Waals surface area contributed by atoms with Gasteiger partial charge < -0.3 is 14.8 Å². The first-order valence-electron chi connectivity index (χ1n) is 12.3. The molecule has 0 bridgehead atoms. The van der Waals surface area contributed by atoms with Gasteiger partial charge in [-0.2, -0.15) is 0 Å². The second-order valence-electron chi connectivity index (χ2n) is 9.24. The monoisotopic (exact) mass is 500 g/mol. The normalized spacial score (nSPS) is 16.7. The van der Waals surface area contributed by atoms with Crippen molar-refractivity contribution < 1.29 is 14.0 Å². The molecule has 1 amide bonds. The van der Waals surface area contributed by atoms with E-state index in [9.17, 15) is 14.0 Å². The number of H-pyrrole nitrogens is 1. The number of benzene rings is 1. The van der Waals surface area contributed by atoms with E-state index in [1.54, 1.807) is 6.20 Å². The number of Topliss-reactive ketones (excluding diaryl/α,β-unsaturated/α-hetero) is 1. The Morgan fingerprint density at radius 3 is 2.49 bits per heavy atom. The molecule has 6 rings (SSSR count). The van der Waals surface area contributed by atoms with Gasteiger partial charge in [-0.15, -0.1) is 5.10 Å². The zero-order valence-corrected chi connectivity index (χ0v) is 20.0. The van der Waals surface area contributed by atoms with Crippen LogP contribution in [0.5, 0.6) is 0 Å². The fourth-order valence-corrected chi connectivity index (χ4v) is 4.76. The van der Waals surface area contributed by atoms with Gasteiger partial charge in [-0.05, 0) is 19.3 Å². The molecule has 2 fully saturated rings. The molecule has 1 aliphatic carbocycles. The Hall–Kier alpha value is -4.41. The Bertz CT molecular complexity index is 1470. The predicted molar refractivity (Wildman–Crippen MR) is 134 cm³/mol. The molecule has 10 nitrogen and oxygen atoms in total. The summed E-state index contributed by atoms with van der Waals surface area (Å²) in [5.74, 6) is -0.887. The summed E-state index contributed by atoms with van der Waals surface area (Å²) >= 11 is 0. The number of halogens is 1. The molecule has 1 N–H and O–H groups in total. The number of rotatable bonds is 5. The average molecular weight is 501 g/mol. The van der Waals surface area contributed by atoms with Gasteiger partial charge in [0.15, 0.2) is 11.6 Å². The molecular formula is C26H25FN8O2. The molecular weight excluding hydrogens is 475 g/mol. The number of nitrogens with one attached hydrogen (secondary N) is 1. The van der Waals surface area contributed by atoms with Crippen molar-refractivity contribution in [3.05, 3.63) is 72.1 Å². The van der Waals surface area contributed by atoms with Crippen molar-refractivity contribution in [3.63, 3.8) is 0 Å². The molecule has 188 valence electrons. The van der Waals surface area contributed by atoms with Crippen molar-refractivity contribution in [2.75, 3.05) is 26.2 Å². The van der Waals surface area contributed by atoms with E-state index in [2.05, 4.69) is 25.2 Å². The van der Waals surface area contributed by atoms with Gasteiger partial charge in [0.2, 0.25) is 0 Å². The van der Waals surface area contributed by atoms with E-state index in [4.69, 9.17) is 4.99 Å². The maximum atomic E-state index is 14.8. The second kappa shape index (κ2) is 9.57. The van der Waals surface area contributed by atoms with E-state index in [-0.39, 0.29) is 22.3 Å². The Kier molecular flexibility index (Phi) is 5.95. The molecule has 0 radical (unpaired) electrons. The van der Waals surface area contributed by atoms with Gasteiger partial charge in [0.05, 0.1) is 41.1 Å². The quantitative estimate of drug-likeness (QED) is 0.195. The van der Waals surface area contributed by atoms with Crippen LogP contribution in [0.15, 0.2) is 60.1 Å². The largest absolute Gasteiger partial charge is 0.357 e. The van der Waals surface area contributed by atoms with Crippen LogP contribution in [0.4, 0.5) is 4.39 Å². The maximum Gasteiger partial charge on any atom is 0.295 e. The summed E-state index contributed by atoms with van der Waals surface area (Å²) in [6.07, 6.45) is 8.79. The van der Waals surface area contributed by atoms with E-state index < -0.39 is 17.5 Å². The molecule has 1 saturated heterocycles. The van der Waals surface area contributed by atoms with Crippen molar-refractivity contribution in [3.8, 4) is 5.82 Å². The van der Waals surface area contributed by atoms with Crippen molar-refractivity contribution in [2.24, 2.45) is 4.99 Å². The molecule has 1 aromatic carbocycles. The Balaban J connectivity index is 1.20. The summed E-state index contributed by atoms with van der Waals surface area (Å²) in [4.78, 5) is 42.1. The van der Waals surface area contributed by atoms with Gasteiger partial charge in [-0.1, -0.05) is 35.5 Å². The highest BCUT2D eigenvalue weighted by molar-refractivity contribution is 6.45. The van der Waals surface area contributed by atoms with Crippen molar-refractivity contribution in [1.29, 1.82) is 0 Å². The summed E-state index contributed by atoms with van der Waals surface area (Å²) < 4.78 is 16.1. The average Bonchev–Trinajstić information content (AvgIpc) is 3.60. The molecule has 4 heterocycles. The smallest absolute Gasteiger partial charge is 0.295 e. The number of pyridine rings is 1. The number of ketones is 1. The van der Waals surface area contributed by atoms with Crippen LogP contribution in [0.25, 0.3) is 16.7 Å². The third kappa shape index (κ3) is 4.26. The van der Waals surface area contributed by atoms with E-state index >= 15 is 0 Å². The molecule has 2 aliphatic rings. The van der Waals surface area contributed by atoms with Crippen LogP contribution in [0.3, 0.4) is 0 Å². The zero-order valence-electron chi connectivity index (χ0n) is 20.0. The van der Waals surface area contributed by atoms with Crippen LogP contribution in [0.1, 0.15) is 35.2 Å². The number of carbonyl (C=O) groups excluding carboxylic acids is 2. The molecule has 3 aromatic heterocycles. The molecule has 11 heteroatoms. The summed E-state index contributed by atoms with van der Waals surface area (Å²) in [6, 6.07) is 10.4. The topological polar surface area (TPSA) is 112 Å². The second-order valence-corrected chi connectivity index (χ2v) is 9.24. The summed E-state index contributed by atoms with van der Waals surface area (Å²) in [5, 5.41) is 7.64. The first kappa shape index (κ1) is 23.0. The van der Waals surface area contributed by atoms with Gasteiger partial charge in [0.25, 0.3) is 11.7 Å². The molecule has 0 unspecified atom stereocenters. The van der Waals surface area contributed by atoms with Crippen LogP contribution in [0, 0.1) is 5.82 Å². The van der Waals surface area contributed by atoms with E-state index in [0.29, 0.717) is 32.2 Å². The van der Waals surface area contributed by atoms with Crippen LogP contribution in [-0.4, -0.2) is 84.5 Å². The van der Waals surface area contributed by atoms with Gasteiger partial charge in [-0.25, -0.2) is 14.1 Å². The molecule has 37 heavy (non-hydrogen) atoms. The SMILES string of the molecule is O=C(C(=O)N1CCN(/C(=N/C2CCC2)c2ccccc2)CC1)c1c[nH]c2c(-n3ccnn3)ncc(F)c12. The zero-order chi connectivity index (χ0) is 25.4. The predicted octanol–water partition coefficient (Wildman–Crippen LogP) is 2.61. The van der Waals surface area contributed by atoms with Crippen LogP contribution >= 0.6 is 0 Å². The first-order chi connectivity index (χ1) is 18.1. The highest BCUT2D eigenvalue weighted by Gasteiger charge is 2.31. The van der Waals surface area contributed by atoms with Gasteiger partial charge in [0, 0.05) is 37.9 Å². The first-order valence-corrected chi connectivity index (χ1v) is 12.3. The lowest BCUT2D eigenvalue weighted by Crippen LogP contribution is -2.52. The number of amidine groups is 1.